The highest BCUT2D eigenvalue weighted by molar-refractivity contribution is 14.0. The van der Waals surface area contributed by atoms with E-state index in [9.17, 15) is 0 Å². The van der Waals surface area contributed by atoms with E-state index in [0.717, 1.165) is 68.6 Å². The molecule has 1 N–H and O–H groups in total. The molecule has 0 aromatic heterocycles. The summed E-state index contributed by atoms with van der Waals surface area (Å²) in [6.07, 6.45) is 6.52. The van der Waals surface area contributed by atoms with Gasteiger partial charge in [0.2, 0.25) is 0 Å². The van der Waals surface area contributed by atoms with Crippen LogP contribution in [0.2, 0.25) is 0 Å². The van der Waals surface area contributed by atoms with Gasteiger partial charge in [-0.05, 0) is 42.4 Å². The van der Waals surface area contributed by atoms with Crippen LogP contribution < -0.4 is 14.8 Å². The summed E-state index contributed by atoms with van der Waals surface area (Å²) in [5.41, 5.74) is 1.20. The number of benzene rings is 1. The first-order valence-electron chi connectivity index (χ1n) is 9.67. The van der Waals surface area contributed by atoms with Crippen LogP contribution in [-0.4, -0.2) is 44.2 Å². The number of halogens is 1. The van der Waals surface area contributed by atoms with Crippen molar-refractivity contribution >= 4 is 29.9 Å². The molecular formula is C20H30IN3O2. The zero-order valence-corrected chi connectivity index (χ0v) is 17.9. The number of nitrogens with zero attached hydrogens (tertiary/aromatic N) is 2. The van der Waals surface area contributed by atoms with Gasteiger partial charge in [-0.2, -0.15) is 0 Å². The quantitative estimate of drug-likeness (QED) is 0.407. The van der Waals surface area contributed by atoms with Crippen molar-refractivity contribution in [2.24, 2.45) is 16.8 Å². The highest BCUT2D eigenvalue weighted by Crippen LogP contribution is 2.36. The lowest BCUT2D eigenvalue weighted by Gasteiger charge is -2.22. The number of fused-ring (bicyclic) bond motifs is 2. The lowest BCUT2D eigenvalue weighted by Crippen LogP contribution is -2.39. The molecule has 4 rings (SSSR count). The van der Waals surface area contributed by atoms with E-state index < -0.39 is 0 Å². The Morgan fingerprint density at radius 3 is 2.46 bits per heavy atom. The normalized spacial score (nSPS) is 25.1. The van der Waals surface area contributed by atoms with Crippen molar-refractivity contribution in [3.63, 3.8) is 0 Å². The third-order valence-electron chi connectivity index (χ3n) is 5.75. The Bertz CT molecular complexity index is 623. The van der Waals surface area contributed by atoms with Gasteiger partial charge in [-0.1, -0.05) is 18.9 Å². The number of likely N-dealkylation sites (tertiary alicyclic amines) is 1. The summed E-state index contributed by atoms with van der Waals surface area (Å²) in [6.45, 7) is 4.53. The molecule has 6 heteroatoms. The average Bonchev–Trinajstić information content (AvgIpc) is 2.93. The first kappa shape index (κ1) is 19.6. The molecule has 26 heavy (non-hydrogen) atoms. The molecule has 0 amide bonds. The van der Waals surface area contributed by atoms with Crippen molar-refractivity contribution in [2.45, 2.75) is 38.6 Å². The summed E-state index contributed by atoms with van der Waals surface area (Å²) >= 11 is 0. The van der Waals surface area contributed by atoms with E-state index in [-0.39, 0.29) is 24.0 Å². The Morgan fingerprint density at radius 2 is 1.77 bits per heavy atom. The fourth-order valence-electron chi connectivity index (χ4n) is 4.41. The zero-order valence-electron chi connectivity index (χ0n) is 15.6. The Hall–Kier alpha value is -1.18. The average molecular weight is 471 g/mol. The molecule has 2 atom stereocenters. The number of hydrogen-bond donors (Lipinski definition) is 1. The zero-order chi connectivity index (χ0) is 17.1. The van der Waals surface area contributed by atoms with Crippen LogP contribution in [-0.2, 0) is 6.54 Å². The molecular weight excluding hydrogens is 441 g/mol. The Morgan fingerprint density at radius 1 is 1.08 bits per heavy atom. The van der Waals surface area contributed by atoms with Crippen LogP contribution in [0.5, 0.6) is 11.5 Å². The highest BCUT2D eigenvalue weighted by atomic mass is 127. The largest absolute Gasteiger partial charge is 0.490 e. The first-order chi connectivity index (χ1) is 12.3. The van der Waals surface area contributed by atoms with Crippen molar-refractivity contribution < 1.29 is 9.47 Å². The molecule has 1 aliphatic carbocycles. The first-order valence-corrected chi connectivity index (χ1v) is 9.67. The summed E-state index contributed by atoms with van der Waals surface area (Å²) < 4.78 is 11.5. The van der Waals surface area contributed by atoms with E-state index in [1.807, 2.05) is 13.1 Å². The predicted molar refractivity (Wildman–Crippen MR) is 115 cm³/mol. The molecule has 1 saturated carbocycles. The van der Waals surface area contributed by atoms with E-state index in [0.29, 0.717) is 0 Å². The third kappa shape index (κ3) is 4.38. The highest BCUT2D eigenvalue weighted by Gasteiger charge is 2.35. The maximum Gasteiger partial charge on any atom is 0.193 e. The molecule has 1 saturated heterocycles. The maximum atomic E-state index is 5.79. The Balaban J connectivity index is 0.00000196. The SMILES string of the molecule is CN=C(NCc1ccc2c(c1)OCCCO2)N1CC2CCCCC2C1.I. The second-order valence-electron chi connectivity index (χ2n) is 7.44. The minimum atomic E-state index is 0. The molecule has 0 spiro atoms. The van der Waals surface area contributed by atoms with Crippen molar-refractivity contribution in [2.75, 3.05) is 33.4 Å². The van der Waals surface area contributed by atoms with Gasteiger partial charge in [0, 0.05) is 33.1 Å². The van der Waals surface area contributed by atoms with Crippen LogP contribution in [0.25, 0.3) is 0 Å². The summed E-state index contributed by atoms with van der Waals surface area (Å²) in [7, 11) is 1.89. The molecule has 2 fully saturated rings. The molecule has 0 radical (unpaired) electrons. The number of nitrogens with one attached hydrogen (secondary N) is 1. The van der Waals surface area contributed by atoms with Crippen LogP contribution in [0.4, 0.5) is 0 Å². The Labute approximate surface area is 173 Å². The topological polar surface area (TPSA) is 46.1 Å². The van der Waals surface area contributed by atoms with Gasteiger partial charge in [-0.25, -0.2) is 0 Å². The fourth-order valence-corrected chi connectivity index (χ4v) is 4.41. The molecule has 1 aromatic rings. The Kier molecular flexibility index (Phi) is 6.89. The van der Waals surface area contributed by atoms with Crippen LogP contribution in [0.1, 0.15) is 37.7 Å². The van der Waals surface area contributed by atoms with Gasteiger partial charge in [-0.3, -0.25) is 4.99 Å². The molecule has 0 bridgehead atoms. The lowest BCUT2D eigenvalue weighted by atomic mass is 9.82. The van der Waals surface area contributed by atoms with E-state index >= 15 is 0 Å². The molecule has 2 aliphatic heterocycles. The molecule has 2 heterocycles. The van der Waals surface area contributed by atoms with Crippen LogP contribution in [0.15, 0.2) is 23.2 Å². The van der Waals surface area contributed by atoms with Crippen molar-refractivity contribution in [3.05, 3.63) is 23.8 Å². The summed E-state index contributed by atoms with van der Waals surface area (Å²) in [5, 5.41) is 3.54. The minimum Gasteiger partial charge on any atom is -0.490 e. The van der Waals surface area contributed by atoms with Crippen molar-refractivity contribution in [3.8, 4) is 11.5 Å². The number of aliphatic imine (C=N–C) groups is 1. The standard InChI is InChI=1S/C20H29N3O2.HI/c1-21-20(23-13-16-5-2-3-6-17(16)14-23)22-12-15-7-8-18-19(11-15)25-10-4-9-24-18;/h7-8,11,16-17H,2-6,9-10,12-14H2,1H3,(H,21,22);1H. The second-order valence-corrected chi connectivity index (χ2v) is 7.44. The molecule has 2 unspecified atom stereocenters. The van der Waals surface area contributed by atoms with Gasteiger partial charge in [0.05, 0.1) is 13.2 Å². The number of rotatable bonds is 2. The van der Waals surface area contributed by atoms with Crippen LogP contribution in [0, 0.1) is 11.8 Å². The van der Waals surface area contributed by atoms with Crippen LogP contribution >= 0.6 is 24.0 Å². The maximum absolute atomic E-state index is 5.79. The van der Waals surface area contributed by atoms with E-state index in [1.165, 1.54) is 31.2 Å². The summed E-state index contributed by atoms with van der Waals surface area (Å²) in [5.74, 6) is 4.48. The van der Waals surface area contributed by atoms with Gasteiger partial charge in [0.25, 0.3) is 0 Å². The lowest BCUT2D eigenvalue weighted by molar-refractivity contribution is 0.297. The molecule has 1 aromatic carbocycles. The van der Waals surface area contributed by atoms with E-state index in [4.69, 9.17) is 9.47 Å². The van der Waals surface area contributed by atoms with Gasteiger partial charge in [0.1, 0.15) is 0 Å². The minimum absolute atomic E-state index is 0. The summed E-state index contributed by atoms with van der Waals surface area (Å²) in [4.78, 5) is 6.97. The molecule has 5 nitrogen and oxygen atoms in total. The van der Waals surface area contributed by atoms with Gasteiger partial charge in [-0.15, -0.1) is 24.0 Å². The third-order valence-corrected chi connectivity index (χ3v) is 5.75. The van der Waals surface area contributed by atoms with Gasteiger partial charge < -0.3 is 19.7 Å². The smallest absolute Gasteiger partial charge is 0.193 e. The monoisotopic (exact) mass is 471 g/mol. The molecule has 3 aliphatic rings. The van der Waals surface area contributed by atoms with Crippen molar-refractivity contribution in [1.82, 2.24) is 10.2 Å². The predicted octanol–water partition coefficient (Wildman–Crippen LogP) is 3.66. The van der Waals surface area contributed by atoms with Gasteiger partial charge in [0.15, 0.2) is 17.5 Å². The summed E-state index contributed by atoms with van der Waals surface area (Å²) in [6, 6.07) is 6.22. The number of hydrogen-bond acceptors (Lipinski definition) is 3. The fraction of sp³-hybridized carbons (Fsp3) is 0.650. The van der Waals surface area contributed by atoms with E-state index in [2.05, 4.69) is 27.3 Å². The number of guanidine groups is 1. The molecule has 144 valence electrons. The van der Waals surface area contributed by atoms with Crippen molar-refractivity contribution in [1.29, 1.82) is 0 Å². The van der Waals surface area contributed by atoms with Crippen LogP contribution in [0.3, 0.4) is 0 Å². The van der Waals surface area contributed by atoms with Gasteiger partial charge >= 0.3 is 0 Å². The second kappa shape index (κ2) is 9.15. The number of ether oxygens (including phenoxy) is 2. The van der Waals surface area contributed by atoms with E-state index in [1.54, 1.807) is 0 Å².